The van der Waals surface area contributed by atoms with Crippen molar-refractivity contribution in [1.82, 2.24) is 10.0 Å². The van der Waals surface area contributed by atoms with E-state index in [0.29, 0.717) is 25.3 Å². The summed E-state index contributed by atoms with van der Waals surface area (Å²) in [7, 11) is -3.69. The van der Waals surface area contributed by atoms with Gasteiger partial charge in [0, 0.05) is 35.2 Å². The third-order valence-electron chi connectivity index (χ3n) is 5.27. The molecule has 0 radical (unpaired) electrons. The van der Waals surface area contributed by atoms with Gasteiger partial charge in [0.1, 0.15) is 0 Å². The van der Waals surface area contributed by atoms with E-state index < -0.39 is 10.0 Å². The van der Waals surface area contributed by atoms with Crippen LogP contribution in [-0.2, 0) is 20.2 Å². The average molecular weight is 491 g/mol. The first-order chi connectivity index (χ1) is 14.4. The van der Waals surface area contributed by atoms with Crippen molar-refractivity contribution >= 4 is 31.9 Å². The molecule has 0 atom stereocenters. The zero-order valence-corrected chi connectivity index (χ0v) is 18.8. The number of halogens is 1. The monoisotopic (exact) mass is 490 g/mol. The molecule has 1 amide bonds. The number of amides is 1. The van der Waals surface area contributed by atoms with Crippen LogP contribution in [0.2, 0.25) is 0 Å². The third-order valence-corrected chi connectivity index (χ3v) is 7.18. The van der Waals surface area contributed by atoms with Crippen molar-refractivity contribution in [1.29, 1.82) is 0 Å². The van der Waals surface area contributed by atoms with Crippen LogP contribution in [0.15, 0.2) is 57.9 Å². The van der Waals surface area contributed by atoms with Crippen molar-refractivity contribution in [3.05, 3.63) is 64.1 Å². The molecule has 0 bridgehead atoms. The molecule has 2 aromatic rings. The van der Waals surface area contributed by atoms with E-state index in [0.717, 1.165) is 22.9 Å². The molecule has 0 aromatic heterocycles. The summed E-state index contributed by atoms with van der Waals surface area (Å²) in [6.07, 6.45) is 6.71. The van der Waals surface area contributed by atoms with E-state index in [-0.39, 0.29) is 22.8 Å². The number of hydrogen-bond acceptors (Lipinski definition) is 4. The quantitative estimate of drug-likeness (QED) is 0.584. The van der Waals surface area contributed by atoms with Crippen molar-refractivity contribution in [2.75, 3.05) is 26.3 Å². The minimum Gasteiger partial charge on any atom is -0.381 e. The Balaban J connectivity index is 1.72. The highest BCUT2D eigenvalue weighted by Gasteiger charge is 2.35. The smallest absolute Gasteiger partial charge is 0.251 e. The molecule has 0 unspecified atom stereocenters. The number of terminal acetylenes is 1. The van der Waals surface area contributed by atoms with Crippen LogP contribution in [0.1, 0.15) is 28.8 Å². The van der Waals surface area contributed by atoms with Gasteiger partial charge in [-0.15, -0.1) is 6.42 Å². The van der Waals surface area contributed by atoms with Crippen LogP contribution in [0.3, 0.4) is 0 Å². The van der Waals surface area contributed by atoms with Crippen molar-refractivity contribution in [3.8, 4) is 12.3 Å². The van der Waals surface area contributed by atoms with E-state index >= 15 is 0 Å². The van der Waals surface area contributed by atoms with Gasteiger partial charge in [-0.3, -0.25) is 4.79 Å². The summed E-state index contributed by atoms with van der Waals surface area (Å²) < 4.78 is 33.0. The fraction of sp³-hybridized carbons (Fsp3) is 0.318. The van der Waals surface area contributed by atoms with Crippen LogP contribution in [0.5, 0.6) is 0 Å². The second-order valence-electron chi connectivity index (χ2n) is 7.14. The number of nitrogens with one attached hydrogen (secondary N) is 2. The normalized spacial score (nSPS) is 15.9. The van der Waals surface area contributed by atoms with E-state index in [1.165, 1.54) is 24.3 Å². The molecule has 8 heteroatoms. The van der Waals surface area contributed by atoms with Gasteiger partial charge in [-0.25, -0.2) is 8.42 Å². The molecule has 0 aliphatic carbocycles. The number of carbonyl (C=O) groups is 1. The van der Waals surface area contributed by atoms with Crippen LogP contribution < -0.4 is 10.0 Å². The molecule has 3 rings (SSSR count). The fourth-order valence-corrected chi connectivity index (χ4v) is 4.84. The Morgan fingerprint density at radius 3 is 2.50 bits per heavy atom. The molecular weight excluding hydrogens is 468 g/mol. The summed E-state index contributed by atoms with van der Waals surface area (Å²) in [5.41, 5.74) is 1.34. The zero-order chi connectivity index (χ0) is 21.6. The molecule has 0 spiro atoms. The standard InChI is InChI=1S/C22H23BrN2O4S/c1-2-12-25-30(27,28)20-8-6-17(7-9-20)21(26)24-16-22(10-13-29-14-11-22)18-4-3-5-19(23)15-18/h1,3-9,15,25H,10-14,16H2,(H,24,26). The van der Waals surface area contributed by atoms with Crippen LogP contribution in [0.25, 0.3) is 0 Å². The molecule has 30 heavy (non-hydrogen) atoms. The molecule has 1 saturated heterocycles. The molecule has 2 aromatic carbocycles. The second-order valence-corrected chi connectivity index (χ2v) is 9.82. The first-order valence-corrected chi connectivity index (χ1v) is 11.8. The maximum atomic E-state index is 12.7. The largest absolute Gasteiger partial charge is 0.381 e. The third kappa shape index (κ3) is 5.29. The molecule has 1 aliphatic rings. The molecule has 6 nitrogen and oxygen atoms in total. The van der Waals surface area contributed by atoms with Crippen LogP contribution in [0.4, 0.5) is 0 Å². The van der Waals surface area contributed by atoms with Gasteiger partial charge >= 0.3 is 0 Å². The Bertz CT molecular complexity index is 1040. The van der Waals surface area contributed by atoms with Gasteiger partial charge in [0.2, 0.25) is 10.0 Å². The maximum absolute atomic E-state index is 12.7. The van der Waals surface area contributed by atoms with Crippen molar-refractivity contribution in [2.24, 2.45) is 0 Å². The number of sulfonamides is 1. The fourth-order valence-electron chi connectivity index (χ4n) is 3.51. The Kier molecular flexibility index (Phi) is 7.32. The minimum atomic E-state index is -3.69. The highest BCUT2D eigenvalue weighted by atomic mass is 79.9. The van der Waals surface area contributed by atoms with Gasteiger partial charge in [0.25, 0.3) is 5.91 Å². The van der Waals surface area contributed by atoms with Gasteiger partial charge in [0.05, 0.1) is 11.4 Å². The van der Waals surface area contributed by atoms with Gasteiger partial charge in [-0.05, 0) is 54.8 Å². The van der Waals surface area contributed by atoms with E-state index in [9.17, 15) is 13.2 Å². The van der Waals surface area contributed by atoms with Gasteiger partial charge in [-0.2, -0.15) is 4.72 Å². The van der Waals surface area contributed by atoms with E-state index in [1.807, 2.05) is 12.1 Å². The lowest BCUT2D eigenvalue weighted by Gasteiger charge is -2.38. The topological polar surface area (TPSA) is 84.5 Å². The highest BCUT2D eigenvalue weighted by molar-refractivity contribution is 9.10. The Morgan fingerprint density at radius 2 is 1.87 bits per heavy atom. The molecule has 1 aliphatic heterocycles. The molecule has 0 saturated carbocycles. The lowest BCUT2D eigenvalue weighted by molar-refractivity contribution is 0.0487. The SMILES string of the molecule is C#CCNS(=O)(=O)c1ccc(C(=O)NCC2(c3cccc(Br)c3)CCOCC2)cc1. The predicted octanol–water partition coefficient (Wildman–Crippen LogP) is 2.84. The maximum Gasteiger partial charge on any atom is 0.251 e. The number of ether oxygens (including phenoxy) is 1. The first-order valence-electron chi connectivity index (χ1n) is 9.51. The summed E-state index contributed by atoms with van der Waals surface area (Å²) in [6.45, 7) is 1.65. The van der Waals surface area contributed by atoms with Gasteiger partial charge < -0.3 is 10.1 Å². The summed E-state index contributed by atoms with van der Waals surface area (Å²) >= 11 is 3.52. The average Bonchev–Trinajstić information content (AvgIpc) is 2.77. The Labute approximate surface area is 185 Å². The number of benzene rings is 2. The van der Waals surface area contributed by atoms with Crippen molar-refractivity contribution < 1.29 is 17.9 Å². The van der Waals surface area contributed by atoms with Crippen LogP contribution in [0, 0.1) is 12.3 Å². The Morgan fingerprint density at radius 1 is 1.17 bits per heavy atom. The molecule has 158 valence electrons. The predicted molar refractivity (Wildman–Crippen MR) is 119 cm³/mol. The number of rotatable bonds is 7. The lowest BCUT2D eigenvalue weighted by Crippen LogP contribution is -2.44. The summed E-state index contributed by atoms with van der Waals surface area (Å²) in [5.74, 6) is 1.97. The summed E-state index contributed by atoms with van der Waals surface area (Å²) in [6, 6.07) is 13.9. The van der Waals surface area contributed by atoms with Crippen molar-refractivity contribution in [2.45, 2.75) is 23.2 Å². The number of hydrogen-bond donors (Lipinski definition) is 2. The van der Waals surface area contributed by atoms with Crippen molar-refractivity contribution in [3.63, 3.8) is 0 Å². The number of carbonyl (C=O) groups excluding carboxylic acids is 1. The molecule has 2 N–H and O–H groups in total. The van der Waals surface area contributed by atoms with E-state index in [4.69, 9.17) is 11.2 Å². The molecular formula is C22H23BrN2O4S. The van der Waals surface area contributed by atoms with Gasteiger partial charge in [0.15, 0.2) is 0 Å². The molecule has 1 fully saturated rings. The molecule has 1 heterocycles. The highest BCUT2D eigenvalue weighted by Crippen LogP contribution is 2.35. The zero-order valence-electron chi connectivity index (χ0n) is 16.4. The lowest BCUT2D eigenvalue weighted by atomic mass is 9.74. The summed E-state index contributed by atoms with van der Waals surface area (Å²) in [4.78, 5) is 12.8. The van der Waals surface area contributed by atoms with Crippen LogP contribution in [-0.4, -0.2) is 40.6 Å². The first kappa shape index (κ1) is 22.5. The van der Waals surface area contributed by atoms with Gasteiger partial charge in [-0.1, -0.05) is 34.0 Å². The van der Waals surface area contributed by atoms with Crippen LogP contribution >= 0.6 is 15.9 Å². The summed E-state index contributed by atoms with van der Waals surface area (Å²) in [5, 5.41) is 3.02. The minimum absolute atomic E-state index is 0.0596. The van der Waals surface area contributed by atoms with E-state index in [1.54, 1.807) is 0 Å². The Hall–Kier alpha value is -2.18. The van der Waals surface area contributed by atoms with E-state index in [2.05, 4.69) is 44.0 Å². The second kappa shape index (κ2) is 9.75.